The van der Waals surface area contributed by atoms with Crippen LogP contribution in [0.15, 0.2) is 18.2 Å². The van der Waals surface area contributed by atoms with E-state index in [1.165, 1.54) is 12.8 Å². The maximum atomic E-state index is 13.9. The maximum absolute atomic E-state index is 13.9. The van der Waals surface area contributed by atoms with Gasteiger partial charge in [0.2, 0.25) is 0 Å². The lowest BCUT2D eigenvalue weighted by Crippen LogP contribution is -2.32. The summed E-state index contributed by atoms with van der Waals surface area (Å²) in [5.41, 5.74) is 6.37. The largest absolute Gasteiger partial charge is 0.329 e. The number of hydrogen-bond donors (Lipinski definition) is 1. The molecule has 0 amide bonds. The second-order valence-corrected chi connectivity index (χ2v) is 4.54. The molecule has 1 heterocycles. The Morgan fingerprint density at radius 3 is 2.69 bits per heavy atom. The molecule has 1 fully saturated rings. The fourth-order valence-corrected chi connectivity index (χ4v) is 2.49. The van der Waals surface area contributed by atoms with Gasteiger partial charge in [0.05, 0.1) is 5.02 Å². The average molecular weight is 243 g/mol. The summed E-state index contributed by atoms with van der Waals surface area (Å²) >= 11 is 5.79. The molecule has 1 saturated heterocycles. The van der Waals surface area contributed by atoms with Gasteiger partial charge in [-0.1, -0.05) is 23.7 Å². The van der Waals surface area contributed by atoms with Crippen LogP contribution in [0.1, 0.15) is 24.4 Å². The topological polar surface area (TPSA) is 29.3 Å². The Hall–Kier alpha value is -0.640. The van der Waals surface area contributed by atoms with Gasteiger partial charge in [0.15, 0.2) is 0 Å². The second-order valence-electron chi connectivity index (χ2n) is 4.14. The Bertz CT molecular complexity index is 364. The highest BCUT2D eigenvalue weighted by molar-refractivity contribution is 6.30. The number of halogens is 2. The first kappa shape index (κ1) is 11.8. The molecule has 1 unspecified atom stereocenters. The molecule has 1 aliphatic rings. The van der Waals surface area contributed by atoms with Crippen molar-refractivity contribution >= 4 is 11.6 Å². The summed E-state index contributed by atoms with van der Waals surface area (Å²) in [5, 5.41) is 0.176. The predicted octanol–water partition coefficient (Wildman–Crippen LogP) is 2.57. The molecular formula is C12H16ClFN2. The molecule has 0 radical (unpaired) electrons. The SMILES string of the molecule is NCC(c1cccc(Cl)c1F)N1CCCC1. The third kappa shape index (κ3) is 2.21. The van der Waals surface area contributed by atoms with Gasteiger partial charge in [0.1, 0.15) is 5.82 Å². The molecule has 0 spiro atoms. The minimum Gasteiger partial charge on any atom is -0.329 e. The van der Waals surface area contributed by atoms with Gasteiger partial charge in [-0.25, -0.2) is 4.39 Å². The van der Waals surface area contributed by atoms with Crippen molar-refractivity contribution < 1.29 is 4.39 Å². The van der Waals surface area contributed by atoms with Crippen molar-refractivity contribution in [2.45, 2.75) is 18.9 Å². The normalized spacial score (nSPS) is 18.9. The zero-order chi connectivity index (χ0) is 11.5. The van der Waals surface area contributed by atoms with Crippen molar-refractivity contribution in [3.63, 3.8) is 0 Å². The standard InChI is InChI=1S/C12H16ClFN2/c13-10-5-3-4-9(12(10)14)11(8-15)16-6-1-2-7-16/h3-5,11H,1-2,6-8,15H2. The Balaban J connectivity index is 2.28. The van der Waals surface area contributed by atoms with Gasteiger partial charge in [-0.05, 0) is 32.0 Å². The molecule has 1 aromatic rings. The van der Waals surface area contributed by atoms with Crippen LogP contribution in [0.4, 0.5) is 4.39 Å². The van der Waals surface area contributed by atoms with E-state index in [1.807, 2.05) is 0 Å². The van der Waals surface area contributed by atoms with E-state index in [-0.39, 0.29) is 16.9 Å². The first-order valence-electron chi connectivity index (χ1n) is 5.62. The summed E-state index contributed by atoms with van der Waals surface area (Å²) in [7, 11) is 0. The second kappa shape index (κ2) is 5.13. The van der Waals surface area contributed by atoms with Crippen LogP contribution in [0.25, 0.3) is 0 Å². The Morgan fingerprint density at radius 1 is 1.38 bits per heavy atom. The molecule has 4 heteroatoms. The van der Waals surface area contributed by atoms with Crippen molar-refractivity contribution in [1.82, 2.24) is 4.90 Å². The molecule has 1 aliphatic heterocycles. The Morgan fingerprint density at radius 2 is 2.06 bits per heavy atom. The van der Waals surface area contributed by atoms with E-state index in [1.54, 1.807) is 18.2 Å². The molecule has 0 aliphatic carbocycles. The monoisotopic (exact) mass is 242 g/mol. The van der Waals surface area contributed by atoms with E-state index in [2.05, 4.69) is 4.90 Å². The van der Waals surface area contributed by atoms with E-state index >= 15 is 0 Å². The number of benzene rings is 1. The fourth-order valence-electron chi connectivity index (χ4n) is 2.30. The molecule has 1 aromatic carbocycles. The molecule has 0 aromatic heterocycles. The van der Waals surface area contributed by atoms with Crippen LogP contribution in [-0.2, 0) is 0 Å². The lowest BCUT2D eigenvalue weighted by molar-refractivity contribution is 0.246. The highest BCUT2D eigenvalue weighted by atomic mass is 35.5. The summed E-state index contributed by atoms with van der Waals surface area (Å²) in [6.45, 7) is 2.42. The zero-order valence-electron chi connectivity index (χ0n) is 9.13. The van der Waals surface area contributed by atoms with Crippen molar-refractivity contribution in [1.29, 1.82) is 0 Å². The predicted molar refractivity (Wildman–Crippen MR) is 64.0 cm³/mol. The average Bonchev–Trinajstić information content (AvgIpc) is 2.79. The van der Waals surface area contributed by atoms with Crippen LogP contribution >= 0.6 is 11.6 Å². The molecule has 0 bridgehead atoms. The molecule has 2 N–H and O–H groups in total. The molecule has 2 rings (SSSR count). The van der Waals surface area contributed by atoms with E-state index < -0.39 is 0 Å². The number of rotatable bonds is 3. The third-order valence-electron chi connectivity index (χ3n) is 3.15. The quantitative estimate of drug-likeness (QED) is 0.883. The van der Waals surface area contributed by atoms with E-state index in [9.17, 15) is 4.39 Å². The first-order chi connectivity index (χ1) is 7.74. The first-order valence-corrected chi connectivity index (χ1v) is 6.00. The summed E-state index contributed by atoms with van der Waals surface area (Å²) in [4.78, 5) is 2.23. The van der Waals surface area contributed by atoms with Crippen LogP contribution in [0.3, 0.4) is 0 Å². The highest BCUT2D eigenvalue weighted by Crippen LogP contribution is 2.29. The van der Waals surface area contributed by atoms with Crippen LogP contribution in [0, 0.1) is 5.82 Å². The number of nitrogens with zero attached hydrogens (tertiary/aromatic N) is 1. The molecule has 88 valence electrons. The Kier molecular flexibility index (Phi) is 3.79. The lowest BCUT2D eigenvalue weighted by Gasteiger charge is -2.27. The lowest BCUT2D eigenvalue weighted by atomic mass is 10.1. The van der Waals surface area contributed by atoms with Crippen LogP contribution in [0.2, 0.25) is 5.02 Å². The van der Waals surface area contributed by atoms with Crippen molar-refractivity contribution in [2.75, 3.05) is 19.6 Å². The molecule has 1 atom stereocenters. The molecule has 0 saturated carbocycles. The number of hydrogen-bond acceptors (Lipinski definition) is 2. The maximum Gasteiger partial charge on any atom is 0.146 e. The Labute approximate surface area is 100 Å². The molecule has 16 heavy (non-hydrogen) atoms. The highest BCUT2D eigenvalue weighted by Gasteiger charge is 2.25. The van der Waals surface area contributed by atoms with Gasteiger partial charge in [-0.15, -0.1) is 0 Å². The third-order valence-corrected chi connectivity index (χ3v) is 3.44. The number of likely N-dealkylation sites (tertiary alicyclic amines) is 1. The van der Waals surface area contributed by atoms with Gasteiger partial charge in [-0.3, -0.25) is 4.90 Å². The molecule has 2 nitrogen and oxygen atoms in total. The molecular weight excluding hydrogens is 227 g/mol. The van der Waals surface area contributed by atoms with Crippen molar-refractivity contribution in [2.24, 2.45) is 5.73 Å². The summed E-state index contributed by atoms with van der Waals surface area (Å²) in [6.07, 6.45) is 2.33. The minimum atomic E-state index is -0.327. The van der Waals surface area contributed by atoms with Gasteiger partial charge in [0, 0.05) is 18.2 Å². The van der Waals surface area contributed by atoms with Crippen LogP contribution < -0.4 is 5.73 Å². The number of nitrogens with two attached hydrogens (primary N) is 1. The van der Waals surface area contributed by atoms with Gasteiger partial charge in [0.25, 0.3) is 0 Å². The van der Waals surface area contributed by atoms with E-state index in [4.69, 9.17) is 17.3 Å². The minimum absolute atomic E-state index is 0.0406. The van der Waals surface area contributed by atoms with Crippen molar-refractivity contribution in [3.8, 4) is 0 Å². The van der Waals surface area contributed by atoms with Crippen LogP contribution in [0.5, 0.6) is 0 Å². The fraction of sp³-hybridized carbons (Fsp3) is 0.500. The van der Waals surface area contributed by atoms with Crippen molar-refractivity contribution in [3.05, 3.63) is 34.6 Å². The van der Waals surface area contributed by atoms with E-state index in [0.717, 1.165) is 13.1 Å². The smallest absolute Gasteiger partial charge is 0.146 e. The summed E-state index contributed by atoms with van der Waals surface area (Å²) < 4.78 is 13.9. The summed E-state index contributed by atoms with van der Waals surface area (Å²) in [5.74, 6) is -0.327. The van der Waals surface area contributed by atoms with Gasteiger partial charge < -0.3 is 5.73 Å². The zero-order valence-corrected chi connectivity index (χ0v) is 9.88. The van der Waals surface area contributed by atoms with E-state index in [0.29, 0.717) is 12.1 Å². The van der Waals surface area contributed by atoms with Gasteiger partial charge in [-0.2, -0.15) is 0 Å². The summed E-state index contributed by atoms with van der Waals surface area (Å²) in [6, 6.07) is 5.08. The van der Waals surface area contributed by atoms with Gasteiger partial charge >= 0.3 is 0 Å². The van der Waals surface area contributed by atoms with Crippen LogP contribution in [-0.4, -0.2) is 24.5 Å².